The van der Waals surface area contributed by atoms with Crippen molar-refractivity contribution in [1.29, 1.82) is 0 Å². The summed E-state index contributed by atoms with van der Waals surface area (Å²) in [5.41, 5.74) is 1.60. The zero-order valence-corrected chi connectivity index (χ0v) is 9.81. The van der Waals surface area contributed by atoms with Crippen molar-refractivity contribution in [2.45, 2.75) is 19.8 Å². The smallest absolute Gasteiger partial charge is 0.159 e. The van der Waals surface area contributed by atoms with Crippen LogP contribution in [0.3, 0.4) is 0 Å². The van der Waals surface area contributed by atoms with Crippen molar-refractivity contribution in [3.63, 3.8) is 0 Å². The Morgan fingerprint density at radius 3 is 2.50 bits per heavy atom. The number of halogens is 2. The summed E-state index contributed by atoms with van der Waals surface area (Å²) >= 11 is 1.45. The van der Waals surface area contributed by atoms with Crippen molar-refractivity contribution >= 4 is 11.3 Å². The fourth-order valence-corrected chi connectivity index (χ4v) is 2.29. The SMILES string of the molecule is CC(C)c1csc(-c2ccc(F)c(F)c2)n1. The van der Waals surface area contributed by atoms with E-state index in [1.807, 2.05) is 19.2 Å². The van der Waals surface area contributed by atoms with E-state index in [1.165, 1.54) is 17.4 Å². The summed E-state index contributed by atoms with van der Waals surface area (Å²) in [6, 6.07) is 3.85. The monoisotopic (exact) mass is 239 g/mol. The van der Waals surface area contributed by atoms with Gasteiger partial charge in [-0.2, -0.15) is 0 Å². The van der Waals surface area contributed by atoms with Gasteiger partial charge in [-0.25, -0.2) is 13.8 Å². The topological polar surface area (TPSA) is 12.9 Å². The molecule has 0 N–H and O–H groups in total. The minimum atomic E-state index is -0.834. The van der Waals surface area contributed by atoms with Crippen molar-refractivity contribution < 1.29 is 8.78 Å². The zero-order valence-electron chi connectivity index (χ0n) is 9.00. The van der Waals surface area contributed by atoms with Crippen LogP contribution in [0.5, 0.6) is 0 Å². The second-order valence-corrected chi connectivity index (χ2v) is 4.72. The van der Waals surface area contributed by atoms with E-state index >= 15 is 0 Å². The fourth-order valence-electron chi connectivity index (χ4n) is 1.31. The highest BCUT2D eigenvalue weighted by molar-refractivity contribution is 7.13. The molecule has 4 heteroatoms. The molecule has 0 aliphatic carbocycles. The summed E-state index contributed by atoms with van der Waals surface area (Å²) in [4.78, 5) is 4.38. The maximum atomic E-state index is 13.0. The Hall–Kier alpha value is -1.29. The number of benzene rings is 1. The quantitative estimate of drug-likeness (QED) is 0.765. The standard InChI is InChI=1S/C12H11F2NS/c1-7(2)11-6-16-12(15-11)8-3-4-9(13)10(14)5-8/h3-7H,1-2H3. The van der Waals surface area contributed by atoms with E-state index < -0.39 is 11.6 Å². The first-order valence-electron chi connectivity index (χ1n) is 4.99. The van der Waals surface area contributed by atoms with Gasteiger partial charge >= 0.3 is 0 Å². The highest BCUT2D eigenvalue weighted by Crippen LogP contribution is 2.27. The second kappa shape index (κ2) is 4.29. The number of hydrogen-bond donors (Lipinski definition) is 0. The van der Waals surface area contributed by atoms with Gasteiger partial charge < -0.3 is 0 Å². The predicted molar refractivity (Wildman–Crippen MR) is 61.6 cm³/mol. The molecule has 0 unspecified atom stereocenters. The Morgan fingerprint density at radius 2 is 1.94 bits per heavy atom. The Morgan fingerprint density at radius 1 is 1.19 bits per heavy atom. The van der Waals surface area contributed by atoms with Gasteiger partial charge in [0, 0.05) is 10.9 Å². The average Bonchev–Trinajstić information content (AvgIpc) is 2.71. The molecule has 1 aromatic carbocycles. The van der Waals surface area contributed by atoms with Crippen LogP contribution >= 0.6 is 11.3 Å². The lowest BCUT2D eigenvalue weighted by Crippen LogP contribution is -1.88. The molecule has 2 rings (SSSR count). The molecule has 0 saturated heterocycles. The first-order chi connectivity index (χ1) is 7.58. The van der Waals surface area contributed by atoms with Crippen molar-refractivity contribution in [1.82, 2.24) is 4.98 Å². The van der Waals surface area contributed by atoms with E-state index in [0.29, 0.717) is 11.5 Å². The molecular formula is C12H11F2NS. The van der Waals surface area contributed by atoms with Crippen LogP contribution < -0.4 is 0 Å². The first kappa shape index (κ1) is 11.2. The lowest BCUT2D eigenvalue weighted by atomic mass is 10.1. The molecule has 0 radical (unpaired) electrons. The van der Waals surface area contributed by atoms with E-state index in [1.54, 1.807) is 6.07 Å². The van der Waals surface area contributed by atoms with Crippen molar-refractivity contribution in [3.05, 3.63) is 40.9 Å². The van der Waals surface area contributed by atoms with Gasteiger partial charge in [-0.1, -0.05) is 13.8 Å². The van der Waals surface area contributed by atoms with Gasteiger partial charge in [0.2, 0.25) is 0 Å². The van der Waals surface area contributed by atoms with E-state index in [0.717, 1.165) is 16.8 Å². The Bertz CT molecular complexity index is 505. The molecule has 0 saturated carbocycles. The number of rotatable bonds is 2. The number of nitrogens with zero attached hydrogens (tertiary/aromatic N) is 1. The molecule has 0 aliphatic rings. The first-order valence-corrected chi connectivity index (χ1v) is 5.86. The van der Waals surface area contributed by atoms with Crippen molar-refractivity contribution in [3.8, 4) is 10.6 Å². The molecule has 0 atom stereocenters. The Labute approximate surface area is 96.8 Å². The van der Waals surface area contributed by atoms with Crippen LogP contribution in [-0.4, -0.2) is 4.98 Å². The molecule has 1 heterocycles. The van der Waals surface area contributed by atoms with E-state index in [4.69, 9.17) is 0 Å². The molecular weight excluding hydrogens is 228 g/mol. The number of hydrogen-bond acceptors (Lipinski definition) is 2. The lowest BCUT2D eigenvalue weighted by molar-refractivity contribution is 0.509. The van der Waals surface area contributed by atoms with Crippen molar-refractivity contribution in [2.75, 3.05) is 0 Å². The molecule has 0 fully saturated rings. The third kappa shape index (κ3) is 2.11. The molecule has 84 valence electrons. The highest BCUT2D eigenvalue weighted by atomic mass is 32.1. The Balaban J connectivity index is 2.39. The third-order valence-corrected chi connectivity index (χ3v) is 3.19. The summed E-state index contributed by atoms with van der Waals surface area (Å²) in [5.74, 6) is -1.32. The minimum Gasteiger partial charge on any atom is -0.241 e. The van der Waals surface area contributed by atoms with Gasteiger partial charge in [-0.3, -0.25) is 0 Å². The molecule has 1 aromatic heterocycles. The normalized spacial score (nSPS) is 11.1. The van der Waals surface area contributed by atoms with Gasteiger partial charge in [0.1, 0.15) is 5.01 Å². The van der Waals surface area contributed by atoms with Gasteiger partial charge in [-0.05, 0) is 24.1 Å². The zero-order chi connectivity index (χ0) is 11.7. The predicted octanol–water partition coefficient (Wildman–Crippen LogP) is 4.21. The molecule has 2 aromatic rings. The summed E-state index contributed by atoms with van der Waals surface area (Å²) < 4.78 is 25.8. The van der Waals surface area contributed by atoms with Gasteiger partial charge in [-0.15, -0.1) is 11.3 Å². The third-order valence-electron chi connectivity index (χ3n) is 2.28. The summed E-state index contributed by atoms with van der Waals surface area (Å²) in [5, 5.41) is 2.67. The van der Waals surface area contributed by atoms with Crippen LogP contribution in [0.4, 0.5) is 8.78 Å². The van der Waals surface area contributed by atoms with Crippen molar-refractivity contribution in [2.24, 2.45) is 0 Å². The van der Waals surface area contributed by atoms with Gasteiger partial charge in [0.15, 0.2) is 11.6 Å². The second-order valence-electron chi connectivity index (χ2n) is 3.86. The van der Waals surface area contributed by atoms with E-state index in [9.17, 15) is 8.78 Å². The van der Waals surface area contributed by atoms with Gasteiger partial charge in [0.05, 0.1) is 5.69 Å². The molecule has 0 aliphatic heterocycles. The minimum absolute atomic E-state index is 0.343. The van der Waals surface area contributed by atoms with E-state index in [-0.39, 0.29) is 0 Å². The fraction of sp³-hybridized carbons (Fsp3) is 0.250. The summed E-state index contributed by atoms with van der Waals surface area (Å²) in [6.45, 7) is 4.09. The van der Waals surface area contributed by atoms with Crippen LogP contribution in [0, 0.1) is 11.6 Å². The van der Waals surface area contributed by atoms with E-state index in [2.05, 4.69) is 4.98 Å². The molecule has 0 amide bonds. The number of thiazole rings is 1. The largest absolute Gasteiger partial charge is 0.241 e. The lowest BCUT2D eigenvalue weighted by Gasteiger charge is -1.99. The van der Waals surface area contributed by atoms with Crippen LogP contribution in [0.1, 0.15) is 25.5 Å². The maximum absolute atomic E-state index is 13.0. The number of aromatic nitrogens is 1. The molecule has 1 nitrogen and oxygen atoms in total. The Kier molecular flexibility index (Phi) is 3.01. The molecule has 0 bridgehead atoms. The van der Waals surface area contributed by atoms with Crippen LogP contribution in [0.15, 0.2) is 23.6 Å². The average molecular weight is 239 g/mol. The van der Waals surface area contributed by atoms with Crippen LogP contribution in [-0.2, 0) is 0 Å². The highest BCUT2D eigenvalue weighted by Gasteiger charge is 2.09. The molecule has 16 heavy (non-hydrogen) atoms. The molecule has 0 spiro atoms. The van der Waals surface area contributed by atoms with Gasteiger partial charge in [0.25, 0.3) is 0 Å². The summed E-state index contributed by atoms with van der Waals surface area (Å²) in [7, 11) is 0. The maximum Gasteiger partial charge on any atom is 0.159 e. The van der Waals surface area contributed by atoms with Crippen LogP contribution in [0.25, 0.3) is 10.6 Å². The summed E-state index contributed by atoms with van der Waals surface area (Å²) in [6.07, 6.45) is 0. The van der Waals surface area contributed by atoms with Crippen LogP contribution in [0.2, 0.25) is 0 Å².